The van der Waals surface area contributed by atoms with Crippen molar-refractivity contribution in [2.24, 2.45) is 0 Å². The molecule has 2 atom stereocenters. The molecule has 8 heteroatoms. The molecule has 2 N–H and O–H groups in total. The van der Waals surface area contributed by atoms with Crippen molar-refractivity contribution in [3.63, 3.8) is 0 Å². The van der Waals surface area contributed by atoms with Crippen LogP contribution in [-0.4, -0.2) is 32.4 Å². The van der Waals surface area contributed by atoms with Crippen molar-refractivity contribution >= 4 is 43.6 Å². The zero-order valence-corrected chi connectivity index (χ0v) is 18.4. The zero-order chi connectivity index (χ0) is 19.9. The van der Waals surface area contributed by atoms with Crippen molar-refractivity contribution in [2.45, 2.75) is 30.3 Å². The summed E-state index contributed by atoms with van der Waals surface area (Å²) in [6.07, 6.45) is 2.33. The van der Waals surface area contributed by atoms with E-state index in [0.717, 1.165) is 10.0 Å². The molecule has 0 bridgehead atoms. The number of carbonyl (C=O) groups excluding carboxylic acids is 1. The van der Waals surface area contributed by atoms with E-state index in [1.165, 1.54) is 12.1 Å². The zero-order valence-electron chi connectivity index (χ0n) is 15.2. The van der Waals surface area contributed by atoms with Gasteiger partial charge in [-0.1, -0.05) is 46.3 Å². The van der Waals surface area contributed by atoms with Gasteiger partial charge in [0.25, 0.3) is 0 Å². The summed E-state index contributed by atoms with van der Waals surface area (Å²) in [6.45, 7) is 1.87. The van der Waals surface area contributed by atoms with Gasteiger partial charge in [0.2, 0.25) is 15.9 Å². The van der Waals surface area contributed by atoms with Crippen LogP contribution >= 0.6 is 27.7 Å². The summed E-state index contributed by atoms with van der Waals surface area (Å²) in [4.78, 5) is 12.9. The standard InChI is InChI=1S/C19H23BrN2O3S2/c1-14(15-8-10-16(20)11-9-15)21-19(23)18(12-13-26-2)22-27(24,25)17-6-4-3-5-7-17/h3-11,14,18,22H,12-13H2,1-2H3,(H,21,23). The molecular formula is C19H23BrN2O3S2. The summed E-state index contributed by atoms with van der Waals surface area (Å²) in [5.74, 6) is 0.334. The number of halogens is 1. The number of carbonyl (C=O) groups is 1. The number of hydrogen-bond acceptors (Lipinski definition) is 4. The molecular weight excluding hydrogens is 448 g/mol. The Morgan fingerprint density at radius 3 is 2.33 bits per heavy atom. The molecule has 5 nitrogen and oxygen atoms in total. The van der Waals surface area contributed by atoms with Gasteiger partial charge in [0, 0.05) is 4.47 Å². The van der Waals surface area contributed by atoms with E-state index in [9.17, 15) is 13.2 Å². The Labute approximate surface area is 173 Å². The molecule has 0 aliphatic heterocycles. The van der Waals surface area contributed by atoms with Gasteiger partial charge in [-0.25, -0.2) is 8.42 Å². The largest absolute Gasteiger partial charge is 0.348 e. The fourth-order valence-electron chi connectivity index (χ4n) is 2.48. The van der Waals surface area contributed by atoms with E-state index in [0.29, 0.717) is 12.2 Å². The van der Waals surface area contributed by atoms with Crippen molar-refractivity contribution in [1.82, 2.24) is 10.0 Å². The number of thioether (sulfide) groups is 1. The average Bonchev–Trinajstić information content (AvgIpc) is 2.66. The highest BCUT2D eigenvalue weighted by Gasteiger charge is 2.26. The van der Waals surface area contributed by atoms with Crippen molar-refractivity contribution in [3.8, 4) is 0 Å². The maximum Gasteiger partial charge on any atom is 0.241 e. The molecule has 27 heavy (non-hydrogen) atoms. The molecule has 0 radical (unpaired) electrons. The minimum atomic E-state index is -3.77. The van der Waals surface area contributed by atoms with Gasteiger partial charge in [-0.15, -0.1) is 0 Å². The summed E-state index contributed by atoms with van der Waals surface area (Å²) >= 11 is 4.95. The second-order valence-electron chi connectivity index (χ2n) is 6.05. The maximum atomic E-state index is 12.8. The molecule has 0 saturated heterocycles. The summed E-state index contributed by atoms with van der Waals surface area (Å²) in [6, 6.07) is 14.7. The van der Waals surface area contributed by atoms with Crippen LogP contribution < -0.4 is 10.0 Å². The van der Waals surface area contributed by atoms with Gasteiger partial charge in [-0.3, -0.25) is 4.79 Å². The molecule has 2 rings (SSSR count). The summed E-state index contributed by atoms with van der Waals surface area (Å²) in [7, 11) is -3.77. The lowest BCUT2D eigenvalue weighted by Crippen LogP contribution is -2.47. The van der Waals surface area contributed by atoms with Gasteiger partial charge in [-0.2, -0.15) is 16.5 Å². The molecule has 2 unspecified atom stereocenters. The average molecular weight is 471 g/mol. The fraction of sp³-hybridized carbons (Fsp3) is 0.316. The van der Waals surface area contributed by atoms with Gasteiger partial charge in [0.05, 0.1) is 10.9 Å². The van der Waals surface area contributed by atoms with E-state index < -0.39 is 16.1 Å². The van der Waals surface area contributed by atoms with E-state index in [4.69, 9.17) is 0 Å². The van der Waals surface area contributed by atoms with Crippen molar-refractivity contribution < 1.29 is 13.2 Å². The summed E-state index contributed by atoms with van der Waals surface area (Å²) < 4.78 is 28.7. The number of rotatable bonds is 9. The third-order valence-electron chi connectivity index (χ3n) is 4.01. The molecule has 146 valence electrons. The SMILES string of the molecule is CSCCC(NS(=O)(=O)c1ccccc1)C(=O)NC(C)c1ccc(Br)cc1. The molecule has 1 amide bonds. The number of hydrogen-bond donors (Lipinski definition) is 2. The van der Waals surface area contributed by atoms with Crippen LogP contribution in [0.25, 0.3) is 0 Å². The number of benzene rings is 2. The summed E-state index contributed by atoms with van der Waals surface area (Å²) in [5, 5.41) is 2.91. The third-order valence-corrected chi connectivity index (χ3v) is 6.67. The maximum absolute atomic E-state index is 12.8. The first-order valence-corrected chi connectivity index (χ1v) is 12.1. The molecule has 0 fully saturated rings. The minimum Gasteiger partial charge on any atom is -0.348 e. The van der Waals surface area contributed by atoms with Crippen LogP contribution in [0.4, 0.5) is 0 Å². The number of sulfonamides is 1. The highest BCUT2D eigenvalue weighted by molar-refractivity contribution is 9.10. The molecule has 0 saturated carbocycles. The van der Waals surface area contributed by atoms with Crippen molar-refractivity contribution in [2.75, 3.05) is 12.0 Å². The van der Waals surface area contributed by atoms with Crippen LogP contribution in [0.5, 0.6) is 0 Å². The van der Waals surface area contributed by atoms with Gasteiger partial charge in [-0.05, 0) is 55.2 Å². The van der Waals surface area contributed by atoms with Crippen molar-refractivity contribution in [1.29, 1.82) is 0 Å². The van der Waals surface area contributed by atoms with E-state index >= 15 is 0 Å². The fourth-order valence-corrected chi connectivity index (χ4v) is 4.47. The second kappa shape index (κ2) is 10.3. The van der Waals surface area contributed by atoms with Gasteiger partial charge in [0.15, 0.2) is 0 Å². The van der Waals surface area contributed by atoms with Gasteiger partial charge < -0.3 is 5.32 Å². The topological polar surface area (TPSA) is 75.3 Å². The Morgan fingerprint density at radius 2 is 1.74 bits per heavy atom. The second-order valence-corrected chi connectivity index (χ2v) is 9.67. The van der Waals surface area contributed by atoms with Crippen molar-refractivity contribution in [3.05, 3.63) is 64.6 Å². The predicted octanol–water partition coefficient (Wildman–Crippen LogP) is 3.73. The van der Waals surface area contributed by atoms with E-state index in [1.54, 1.807) is 30.0 Å². The lowest BCUT2D eigenvalue weighted by molar-refractivity contribution is -0.123. The van der Waals surface area contributed by atoms with E-state index in [2.05, 4.69) is 26.0 Å². The Hall–Kier alpha value is -1.35. The van der Waals surface area contributed by atoms with Crippen LogP contribution in [0.3, 0.4) is 0 Å². The van der Waals surface area contributed by atoms with Crippen LogP contribution in [0.1, 0.15) is 24.9 Å². The first-order chi connectivity index (χ1) is 12.8. The molecule has 0 heterocycles. The van der Waals surface area contributed by atoms with Crippen LogP contribution in [0.2, 0.25) is 0 Å². The Bertz CT molecular complexity index is 843. The number of amides is 1. The predicted molar refractivity (Wildman–Crippen MR) is 114 cm³/mol. The minimum absolute atomic E-state index is 0.146. The van der Waals surface area contributed by atoms with E-state index in [1.807, 2.05) is 37.4 Å². The number of nitrogens with one attached hydrogen (secondary N) is 2. The quantitative estimate of drug-likeness (QED) is 0.585. The molecule has 0 aromatic heterocycles. The highest BCUT2D eigenvalue weighted by atomic mass is 79.9. The molecule has 0 aliphatic rings. The lowest BCUT2D eigenvalue weighted by Gasteiger charge is -2.21. The van der Waals surface area contributed by atoms with Gasteiger partial charge >= 0.3 is 0 Å². The summed E-state index contributed by atoms with van der Waals surface area (Å²) in [5.41, 5.74) is 0.945. The molecule has 2 aromatic carbocycles. The molecule has 0 aliphatic carbocycles. The Balaban J connectivity index is 2.12. The smallest absolute Gasteiger partial charge is 0.241 e. The van der Waals surface area contributed by atoms with E-state index in [-0.39, 0.29) is 16.8 Å². The van der Waals surface area contributed by atoms with Crippen LogP contribution in [0, 0.1) is 0 Å². The molecule has 2 aromatic rings. The first kappa shape index (κ1) is 21.9. The Morgan fingerprint density at radius 1 is 1.11 bits per heavy atom. The van der Waals surface area contributed by atoms with Gasteiger partial charge in [0.1, 0.15) is 6.04 Å². The normalized spacial score (nSPS) is 13.7. The molecule has 0 spiro atoms. The first-order valence-electron chi connectivity index (χ1n) is 8.45. The highest BCUT2D eigenvalue weighted by Crippen LogP contribution is 2.17. The van der Waals surface area contributed by atoms with Crippen LogP contribution in [-0.2, 0) is 14.8 Å². The monoisotopic (exact) mass is 470 g/mol. The third kappa shape index (κ3) is 6.64. The lowest BCUT2D eigenvalue weighted by atomic mass is 10.1. The van der Waals surface area contributed by atoms with Crippen LogP contribution in [0.15, 0.2) is 64.0 Å². The Kier molecular flexibility index (Phi) is 8.34.